The van der Waals surface area contributed by atoms with Gasteiger partial charge in [-0.2, -0.15) is 5.10 Å². The molecular weight excluding hydrogens is 281 g/mol. The first-order valence-corrected chi connectivity index (χ1v) is 7.67. The Balaban J connectivity index is 1.91. The second kappa shape index (κ2) is 6.40. The Morgan fingerprint density at radius 3 is 2.77 bits per heavy atom. The molecule has 0 radical (unpaired) electrons. The monoisotopic (exact) mass is 301 g/mol. The fourth-order valence-corrected chi connectivity index (χ4v) is 3.03. The molecule has 0 saturated heterocycles. The van der Waals surface area contributed by atoms with Crippen LogP contribution in [0.15, 0.2) is 42.5 Å². The fourth-order valence-electron chi connectivity index (χ4n) is 3.03. The molecular formula is C17H20FN3O. The van der Waals surface area contributed by atoms with Crippen LogP contribution in [0.25, 0.3) is 6.08 Å². The van der Waals surface area contributed by atoms with Crippen molar-refractivity contribution in [3.05, 3.63) is 53.9 Å². The van der Waals surface area contributed by atoms with E-state index in [1.165, 1.54) is 18.5 Å². The van der Waals surface area contributed by atoms with Gasteiger partial charge in [-0.05, 0) is 42.5 Å². The molecule has 0 bridgehead atoms. The van der Waals surface area contributed by atoms with Gasteiger partial charge in [-0.3, -0.25) is 0 Å². The van der Waals surface area contributed by atoms with Crippen LogP contribution in [0.1, 0.15) is 37.7 Å². The van der Waals surface area contributed by atoms with E-state index in [1.807, 2.05) is 6.08 Å². The zero-order chi connectivity index (χ0) is 15.4. The van der Waals surface area contributed by atoms with Crippen LogP contribution in [0.4, 0.5) is 4.39 Å². The molecule has 1 heterocycles. The summed E-state index contributed by atoms with van der Waals surface area (Å²) in [6.45, 7) is 0.403. The Kier molecular flexibility index (Phi) is 4.34. The summed E-state index contributed by atoms with van der Waals surface area (Å²) in [4.78, 5) is 3.94. The molecule has 1 atom stereocenters. The van der Waals surface area contributed by atoms with Gasteiger partial charge in [-0.25, -0.2) is 14.1 Å². The lowest BCUT2D eigenvalue weighted by Gasteiger charge is -2.29. The Hall–Kier alpha value is -2.01. The maximum absolute atomic E-state index is 13.0. The molecule has 1 saturated carbocycles. The second-order valence-electron chi connectivity index (χ2n) is 5.91. The SMILES string of the molecule is OC1(Cn2cncn2)CCCCCC1=Cc1ccc(F)cc1. The molecule has 1 unspecified atom stereocenters. The summed E-state index contributed by atoms with van der Waals surface area (Å²) in [6.07, 6.45) is 9.81. The minimum Gasteiger partial charge on any atom is -0.384 e. The van der Waals surface area contributed by atoms with Gasteiger partial charge in [-0.15, -0.1) is 0 Å². The number of nitrogens with zero attached hydrogens (tertiary/aromatic N) is 3. The quantitative estimate of drug-likeness (QED) is 0.886. The van der Waals surface area contributed by atoms with E-state index < -0.39 is 5.60 Å². The highest BCUT2D eigenvalue weighted by Gasteiger charge is 2.33. The third-order valence-corrected chi connectivity index (χ3v) is 4.24. The van der Waals surface area contributed by atoms with E-state index in [0.29, 0.717) is 13.0 Å². The van der Waals surface area contributed by atoms with E-state index in [9.17, 15) is 9.50 Å². The van der Waals surface area contributed by atoms with E-state index in [1.54, 1.807) is 23.1 Å². The average Bonchev–Trinajstić information content (AvgIpc) is 2.93. The van der Waals surface area contributed by atoms with Crippen LogP contribution in [0.5, 0.6) is 0 Å². The lowest BCUT2D eigenvalue weighted by molar-refractivity contribution is 0.0471. The van der Waals surface area contributed by atoms with E-state index in [0.717, 1.165) is 36.8 Å². The average molecular weight is 301 g/mol. The van der Waals surface area contributed by atoms with Crippen molar-refractivity contribution in [3.63, 3.8) is 0 Å². The first-order valence-electron chi connectivity index (χ1n) is 7.67. The normalized spacial score (nSPS) is 24.4. The van der Waals surface area contributed by atoms with Gasteiger partial charge in [0.1, 0.15) is 24.1 Å². The molecule has 3 rings (SSSR count). The van der Waals surface area contributed by atoms with Crippen molar-refractivity contribution in [2.24, 2.45) is 0 Å². The molecule has 0 amide bonds. The standard InChI is InChI=1S/C17H20FN3O/c18-16-7-5-14(6-8-16)10-15-4-2-1-3-9-17(15,22)11-21-13-19-12-20-21/h5-8,10,12-13,22H,1-4,9,11H2. The van der Waals surface area contributed by atoms with Crippen LogP contribution in [0.2, 0.25) is 0 Å². The summed E-state index contributed by atoms with van der Waals surface area (Å²) in [6, 6.07) is 6.37. The molecule has 2 aromatic rings. The largest absolute Gasteiger partial charge is 0.384 e. The summed E-state index contributed by atoms with van der Waals surface area (Å²) in [5.74, 6) is -0.249. The molecule has 22 heavy (non-hydrogen) atoms. The second-order valence-corrected chi connectivity index (χ2v) is 5.91. The zero-order valence-corrected chi connectivity index (χ0v) is 12.5. The summed E-state index contributed by atoms with van der Waals surface area (Å²) < 4.78 is 14.7. The molecule has 4 nitrogen and oxygen atoms in total. The van der Waals surface area contributed by atoms with Gasteiger partial charge >= 0.3 is 0 Å². The van der Waals surface area contributed by atoms with Crippen molar-refractivity contribution in [2.45, 2.75) is 44.2 Å². The molecule has 1 fully saturated rings. The summed E-state index contributed by atoms with van der Waals surface area (Å²) in [5.41, 5.74) is 0.987. The van der Waals surface area contributed by atoms with Crippen molar-refractivity contribution in [1.29, 1.82) is 0 Å². The molecule has 0 aliphatic heterocycles. The molecule has 1 aromatic carbocycles. The Morgan fingerprint density at radius 2 is 2.05 bits per heavy atom. The van der Waals surface area contributed by atoms with Crippen LogP contribution in [-0.2, 0) is 6.54 Å². The maximum atomic E-state index is 13.0. The molecule has 1 aliphatic carbocycles. The highest BCUT2D eigenvalue weighted by Crippen LogP contribution is 2.34. The minimum absolute atomic E-state index is 0.249. The third kappa shape index (κ3) is 3.42. The van der Waals surface area contributed by atoms with Gasteiger partial charge in [-0.1, -0.05) is 31.1 Å². The van der Waals surface area contributed by atoms with Gasteiger partial charge < -0.3 is 5.11 Å². The van der Waals surface area contributed by atoms with Gasteiger partial charge in [0.2, 0.25) is 0 Å². The van der Waals surface area contributed by atoms with E-state index in [2.05, 4.69) is 10.1 Å². The number of aromatic nitrogens is 3. The van der Waals surface area contributed by atoms with Gasteiger partial charge in [0.15, 0.2) is 0 Å². The van der Waals surface area contributed by atoms with Crippen molar-refractivity contribution in [2.75, 3.05) is 0 Å². The van der Waals surface area contributed by atoms with Gasteiger partial charge in [0.25, 0.3) is 0 Å². The van der Waals surface area contributed by atoms with Crippen molar-refractivity contribution in [3.8, 4) is 0 Å². The predicted molar refractivity (Wildman–Crippen MR) is 82.4 cm³/mol. The number of benzene rings is 1. The highest BCUT2D eigenvalue weighted by atomic mass is 19.1. The third-order valence-electron chi connectivity index (χ3n) is 4.24. The van der Waals surface area contributed by atoms with E-state index in [-0.39, 0.29) is 5.82 Å². The zero-order valence-electron chi connectivity index (χ0n) is 12.5. The molecule has 1 aromatic heterocycles. The summed E-state index contributed by atoms with van der Waals surface area (Å²) in [5, 5.41) is 15.3. The smallest absolute Gasteiger partial charge is 0.137 e. The van der Waals surface area contributed by atoms with Crippen molar-refractivity contribution in [1.82, 2.24) is 14.8 Å². The Labute approximate surface area is 129 Å². The van der Waals surface area contributed by atoms with Gasteiger partial charge in [0, 0.05) is 0 Å². The van der Waals surface area contributed by atoms with Crippen LogP contribution >= 0.6 is 0 Å². The van der Waals surface area contributed by atoms with Crippen LogP contribution < -0.4 is 0 Å². The van der Waals surface area contributed by atoms with Crippen LogP contribution in [0, 0.1) is 5.82 Å². The first-order chi connectivity index (χ1) is 10.7. The summed E-state index contributed by atoms with van der Waals surface area (Å²) in [7, 11) is 0. The highest BCUT2D eigenvalue weighted by molar-refractivity contribution is 5.55. The number of halogens is 1. The molecule has 0 spiro atoms. The number of rotatable bonds is 3. The molecule has 116 valence electrons. The predicted octanol–water partition coefficient (Wildman–Crippen LogP) is 3.20. The minimum atomic E-state index is -0.918. The van der Waals surface area contributed by atoms with Crippen LogP contribution in [0.3, 0.4) is 0 Å². The first kappa shape index (κ1) is 14.9. The number of aliphatic hydroxyl groups is 1. The number of hydrogen-bond donors (Lipinski definition) is 1. The fraction of sp³-hybridized carbons (Fsp3) is 0.412. The molecule has 1 N–H and O–H groups in total. The van der Waals surface area contributed by atoms with Crippen molar-refractivity contribution >= 4 is 6.08 Å². The van der Waals surface area contributed by atoms with Crippen molar-refractivity contribution < 1.29 is 9.50 Å². The van der Waals surface area contributed by atoms with E-state index in [4.69, 9.17) is 0 Å². The lowest BCUT2D eigenvalue weighted by atomic mass is 9.87. The van der Waals surface area contributed by atoms with Gasteiger partial charge in [0.05, 0.1) is 6.54 Å². The van der Waals surface area contributed by atoms with Crippen LogP contribution in [-0.4, -0.2) is 25.5 Å². The maximum Gasteiger partial charge on any atom is 0.137 e. The number of hydrogen-bond acceptors (Lipinski definition) is 3. The molecule has 1 aliphatic rings. The van der Waals surface area contributed by atoms with E-state index >= 15 is 0 Å². The topological polar surface area (TPSA) is 50.9 Å². The molecule has 5 heteroatoms. The Bertz CT molecular complexity index is 636. The Morgan fingerprint density at radius 1 is 1.23 bits per heavy atom. The lowest BCUT2D eigenvalue weighted by Crippen LogP contribution is -2.36. The summed E-state index contributed by atoms with van der Waals surface area (Å²) >= 11 is 0.